The first-order chi connectivity index (χ1) is 12.7. The molecule has 1 aliphatic rings. The first kappa shape index (κ1) is 19.0. The quantitative estimate of drug-likeness (QED) is 0.846. The van der Waals surface area contributed by atoms with Crippen molar-refractivity contribution in [3.05, 3.63) is 53.1 Å². The first-order valence-corrected chi connectivity index (χ1v) is 8.28. The molecule has 1 atom stereocenters. The molecule has 0 spiro atoms. The lowest BCUT2D eigenvalue weighted by Crippen LogP contribution is -2.49. The standard InChI is InChI=1S/C18H14ClF3N2O3/c1-10(17(26)23-13-5-3-2-4-12(13)18(20,21)22)24-14-8-11(19)6-7-15(14)27-9-16(24)25/h2-8,10H,9H2,1H3,(H,23,26). The van der Waals surface area contributed by atoms with Crippen LogP contribution in [0.2, 0.25) is 5.02 Å². The Morgan fingerprint density at radius 1 is 1.26 bits per heavy atom. The second-order valence-corrected chi connectivity index (χ2v) is 6.31. The van der Waals surface area contributed by atoms with Crippen molar-refractivity contribution in [1.82, 2.24) is 0 Å². The average Bonchev–Trinajstić information content (AvgIpc) is 2.60. The highest BCUT2D eigenvalue weighted by atomic mass is 35.5. The summed E-state index contributed by atoms with van der Waals surface area (Å²) in [4.78, 5) is 26.0. The van der Waals surface area contributed by atoms with Gasteiger partial charge in [-0.3, -0.25) is 14.5 Å². The number of benzene rings is 2. The Hall–Kier alpha value is -2.74. The third-order valence-electron chi connectivity index (χ3n) is 4.06. The molecule has 0 aliphatic carbocycles. The number of rotatable bonds is 3. The van der Waals surface area contributed by atoms with Gasteiger partial charge in [0.2, 0.25) is 5.91 Å². The van der Waals surface area contributed by atoms with Crippen LogP contribution in [0.15, 0.2) is 42.5 Å². The topological polar surface area (TPSA) is 58.6 Å². The fourth-order valence-electron chi connectivity index (χ4n) is 2.76. The normalized spacial score (nSPS) is 15.0. The lowest BCUT2D eigenvalue weighted by atomic mass is 10.1. The molecule has 27 heavy (non-hydrogen) atoms. The van der Waals surface area contributed by atoms with Crippen LogP contribution in [0.1, 0.15) is 12.5 Å². The SMILES string of the molecule is CC(C(=O)Nc1ccccc1C(F)(F)F)N1C(=O)COc2ccc(Cl)cc21. The Bertz CT molecular complexity index is 902. The fourth-order valence-corrected chi connectivity index (χ4v) is 2.93. The van der Waals surface area contributed by atoms with Gasteiger partial charge in [-0.05, 0) is 37.3 Å². The molecule has 1 heterocycles. The Kier molecular flexibility index (Phi) is 5.01. The zero-order chi connectivity index (χ0) is 19.8. The largest absolute Gasteiger partial charge is 0.482 e. The van der Waals surface area contributed by atoms with E-state index in [0.717, 1.165) is 17.0 Å². The van der Waals surface area contributed by atoms with E-state index in [1.54, 1.807) is 12.1 Å². The zero-order valence-corrected chi connectivity index (χ0v) is 14.8. The summed E-state index contributed by atoms with van der Waals surface area (Å²) < 4.78 is 44.6. The molecule has 1 N–H and O–H groups in total. The monoisotopic (exact) mass is 398 g/mol. The van der Waals surface area contributed by atoms with E-state index < -0.39 is 29.6 Å². The number of nitrogens with one attached hydrogen (secondary N) is 1. The smallest absolute Gasteiger partial charge is 0.418 e. The van der Waals surface area contributed by atoms with E-state index in [1.807, 2.05) is 0 Å². The third kappa shape index (κ3) is 3.85. The number of hydrogen-bond donors (Lipinski definition) is 1. The number of fused-ring (bicyclic) bond motifs is 1. The molecule has 0 bridgehead atoms. The van der Waals surface area contributed by atoms with E-state index in [0.29, 0.717) is 10.8 Å². The fraction of sp³-hybridized carbons (Fsp3) is 0.222. The van der Waals surface area contributed by atoms with Crippen molar-refractivity contribution in [3.8, 4) is 5.75 Å². The van der Waals surface area contributed by atoms with Gasteiger partial charge in [-0.2, -0.15) is 13.2 Å². The summed E-state index contributed by atoms with van der Waals surface area (Å²) >= 11 is 5.96. The van der Waals surface area contributed by atoms with Crippen molar-refractivity contribution in [2.75, 3.05) is 16.8 Å². The summed E-state index contributed by atoms with van der Waals surface area (Å²) in [7, 11) is 0. The Morgan fingerprint density at radius 3 is 2.67 bits per heavy atom. The van der Waals surface area contributed by atoms with Crippen molar-refractivity contribution in [3.63, 3.8) is 0 Å². The predicted octanol–water partition coefficient (Wildman–Crippen LogP) is 4.11. The maximum absolute atomic E-state index is 13.1. The van der Waals surface area contributed by atoms with Crippen molar-refractivity contribution in [1.29, 1.82) is 0 Å². The molecule has 0 saturated carbocycles. The summed E-state index contributed by atoms with van der Waals surface area (Å²) in [6.45, 7) is 1.13. The van der Waals surface area contributed by atoms with Crippen LogP contribution in [0.4, 0.5) is 24.5 Å². The van der Waals surface area contributed by atoms with Gasteiger partial charge in [0, 0.05) is 5.02 Å². The number of amides is 2. The van der Waals surface area contributed by atoms with Crippen LogP contribution in [0, 0.1) is 0 Å². The second-order valence-electron chi connectivity index (χ2n) is 5.87. The van der Waals surface area contributed by atoms with Crippen molar-refractivity contribution in [2.24, 2.45) is 0 Å². The molecule has 1 aliphatic heterocycles. The summed E-state index contributed by atoms with van der Waals surface area (Å²) in [5.41, 5.74) is -1.07. The molecule has 3 rings (SSSR count). The molecule has 9 heteroatoms. The number of ether oxygens (including phenoxy) is 1. The van der Waals surface area contributed by atoms with E-state index >= 15 is 0 Å². The third-order valence-corrected chi connectivity index (χ3v) is 4.29. The lowest BCUT2D eigenvalue weighted by molar-refractivity contribution is -0.137. The van der Waals surface area contributed by atoms with E-state index in [2.05, 4.69) is 5.32 Å². The molecule has 2 aromatic rings. The first-order valence-electron chi connectivity index (χ1n) is 7.90. The van der Waals surface area contributed by atoms with Gasteiger partial charge >= 0.3 is 6.18 Å². The molecule has 142 valence electrons. The number of halogens is 4. The van der Waals surface area contributed by atoms with Crippen LogP contribution >= 0.6 is 11.6 Å². The Balaban J connectivity index is 1.89. The van der Waals surface area contributed by atoms with Crippen LogP contribution in [0.5, 0.6) is 5.75 Å². The van der Waals surface area contributed by atoms with Crippen LogP contribution in [-0.2, 0) is 15.8 Å². The molecule has 5 nitrogen and oxygen atoms in total. The van der Waals surface area contributed by atoms with Gasteiger partial charge in [-0.1, -0.05) is 23.7 Å². The van der Waals surface area contributed by atoms with Gasteiger partial charge < -0.3 is 10.1 Å². The van der Waals surface area contributed by atoms with E-state index in [1.165, 1.54) is 25.1 Å². The molecule has 2 amide bonds. The molecule has 0 saturated heterocycles. The average molecular weight is 399 g/mol. The van der Waals surface area contributed by atoms with Crippen molar-refractivity contribution < 1.29 is 27.5 Å². The minimum absolute atomic E-state index is 0.283. The maximum atomic E-state index is 13.1. The Labute approximate surface area is 157 Å². The zero-order valence-electron chi connectivity index (χ0n) is 14.0. The summed E-state index contributed by atoms with van der Waals surface area (Å²) in [5, 5.41) is 2.58. The Morgan fingerprint density at radius 2 is 1.96 bits per heavy atom. The molecule has 1 unspecified atom stereocenters. The van der Waals surface area contributed by atoms with E-state index in [-0.39, 0.29) is 18.0 Å². The molecular weight excluding hydrogens is 385 g/mol. The summed E-state index contributed by atoms with van der Waals surface area (Å²) in [6.07, 6.45) is -4.62. The van der Waals surface area contributed by atoms with Crippen LogP contribution in [-0.4, -0.2) is 24.5 Å². The van der Waals surface area contributed by atoms with Gasteiger partial charge in [-0.25, -0.2) is 0 Å². The molecule has 0 radical (unpaired) electrons. The highest BCUT2D eigenvalue weighted by Gasteiger charge is 2.36. The number of carbonyl (C=O) groups excluding carboxylic acids is 2. The van der Waals surface area contributed by atoms with E-state index in [4.69, 9.17) is 16.3 Å². The minimum atomic E-state index is -4.62. The summed E-state index contributed by atoms with van der Waals surface area (Å²) in [5.74, 6) is -0.918. The van der Waals surface area contributed by atoms with Crippen LogP contribution in [0.3, 0.4) is 0 Å². The van der Waals surface area contributed by atoms with Crippen molar-refractivity contribution >= 4 is 34.8 Å². The highest BCUT2D eigenvalue weighted by Crippen LogP contribution is 2.37. The number of carbonyl (C=O) groups is 2. The molecule has 2 aromatic carbocycles. The second kappa shape index (κ2) is 7.11. The van der Waals surface area contributed by atoms with Crippen LogP contribution in [0.25, 0.3) is 0 Å². The lowest BCUT2D eigenvalue weighted by Gasteiger charge is -2.33. The van der Waals surface area contributed by atoms with Gasteiger partial charge in [0.05, 0.1) is 16.9 Å². The summed E-state index contributed by atoms with van der Waals surface area (Å²) in [6, 6.07) is 8.13. The van der Waals surface area contributed by atoms with Gasteiger partial charge in [0.25, 0.3) is 5.91 Å². The number of hydrogen-bond acceptors (Lipinski definition) is 3. The van der Waals surface area contributed by atoms with Gasteiger partial charge in [-0.15, -0.1) is 0 Å². The number of alkyl halides is 3. The highest BCUT2D eigenvalue weighted by molar-refractivity contribution is 6.31. The van der Waals surface area contributed by atoms with E-state index in [9.17, 15) is 22.8 Å². The molecule has 0 fully saturated rings. The van der Waals surface area contributed by atoms with Crippen LogP contribution < -0.4 is 15.0 Å². The minimum Gasteiger partial charge on any atom is -0.482 e. The van der Waals surface area contributed by atoms with Crippen molar-refractivity contribution in [2.45, 2.75) is 19.1 Å². The van der Waals surface area contributed by atoms with Gasteiger partial charge in [0.15, 0.2) is 6.61 Å². The number of para-hydroxylation sites is 1. The predicted molar refractivity (Wildman–Crippen MR) is 94.0 cm³/mol. The molecule has 0 aromatic heterocycles. The number of anilines is 2. The maximum Gasteiger partial charge on any atom is 0.418 e. The molecular formula is C18H14ClF3N2O3. The number of nitrogens with zero attached hydrogens (tertiary/aromatic N) is 1. The van der Waals surface area contributed by atoms with Gasteiger partial charge in [0.1, 0.15) is 11.8 Å².